The molecule has 5 nitrogen and oxygen atoms in total. The summed E-state index contributed by atoms with van der Waals surface area (Å²) in [4.78, 5) is 0. The predicted molar refractivity (Wildman–Crippen MR) is 118 cm³/mol. The molecule has 3 rings (SSSR count). The van der Waals surface area contributed by atoms with Crippen molar-refractivity contribution in [1.82, 2.24) is 5.06 Å². The monoisotopic (exact) mass is 425 g/mol. The lowest BCUT2D eigenvalue weighted by atomic mass is 10.2. The van der Waals surface area contributed by atoms with Crippen molar-refractivity contribution >= 4 is 7.60 Å². The Hall–Kier alpha value is -2.27. The van der Waals surface area contributed by atoms with Gasteiger partial charge in [0.1, 0.15) is 0 Å². The van der Waals surface area contributed by atoms with E-state index in [9.17, 15) is 9.77 Å². The van der Waals surface area contributed by atoms with E-state index in [4.69, 9.17) is 9.05 Å². The van der Waals surface area contributed by atoms with Crippen LogP contribution < -0.4 is 0 Å². The maximum absolute atomic E-state index is 13.7. The molecule has 0 aliphatic heterocycles. The SMILES string of the molecule is CC(CN(O)Cc1ccccc1)P(=O)(OCc1ccccc1)OCc1ccccc1. The Morgan fingerprint density at radius 3 is 1.60 bits per heavy atom. The van der Waals surface area contributed by atoms with E-state index in [1.165, 1.54) is 0 Å². The van der Waals surface area contributed by atoms with E-state index < -0.39 is 13.3 Å². The first-order chi connectivity index (χ1) is 14.5. The number of hydrogen-bond acceptors (Lipinski definition) is 5. The minimum Gasteiger partial charge on any atom is -0.314 e. The maximum Gasteiger partial charge on any atom is 0.335 e. The minimum atomic E-state index is -3.50. The molecule has 1 N–H and O–H groups in total. The first kappa shape index (κ1) is 22.4. The van der Waals surface area contributed by atoms with Crippen LogP contribution in [0.15, 0.2) is 91.0 Å². The van der Waals surface area contributed by atoms with E-state index in [0.717, 1.165) is 21.8 Å². The van der Waals surface area contributed by atoms with Gasteiger partial charge in [-0.3, -0.25) is 4.57 Å². The summed E-state index contributed by atoms with van der Waals surface area (Å²) in [5, 5.41) is 11.6. The van der Waals surface area contributed by atoms with Crippen molar-refractivity contribution in [3.8, 4) is 0 Å². The molecule has 30 heavy (non-hydrogen) atoms. The molecule has 0 saturated carbocycles. The summed E-state index contributed by atoms with van der Waals surface area (Å²) in [5.74, 6) is 0. The standard InChI is InChI=1S/C24H28NO4P/c1-21(17-25(26)18-22-11-5-2-6-12-22)30(27,28-19-23-13-7-3-8-14-23)29-20-24-15-9-4-10-16-24/h2-16,21,26H,17-20H2,1H3. The maximum atomic E-state index is 13.7. The molecular weight excluding hydrogens is 397 g/mol. The third kappa shape index (κ3) is 6.91. The molecule has 0 saturated heterocycles. The van der Waals surface area contributed by atoms with Crippen LogP contribution in [0.2, 0.25) is 0 Å². The van der Waals surface area contributed by atoms with Crippen LogP contribution in [0.25, 0.3) is 0 Å². The lowest BCUT2D eigenvalue weighted by Crippen LogP contribution is -2.28. The average molecular weight is 425 g/mol. The number of rotatable bonds is 11. The molecule has 0 radical (unpaired) electrons. The zero-order valence-corrected chi connectivity index (χ0v) is 18.0. The molecule has 158 valence electrons. The summed E-state index contributed by atoms with van der Waals surface area (Å²) in [7, 11) is -3.50. The highest BCUT2D eigenvalue weighted by Gasteiger charge is 2.34. The molecule has 3 aromatic carbocycles. The number of nitrogens with zero attached hydrogens (tertiary/aromatic N) is 1. The van der Waals surface area contributed by atoms with Crippen molar-refractivity contribution in [2.75, 3.05) is 6.54 Å². The van der Waals surface area contributed by atoms with Gasteiger partial charge in [0.15, 0.2) is 0 Å². The van der Waals surface area contributed by atoms with Gasteiger partial charge in [-0.05, 0) is 23.6 Å². The van der Waals surface area contributed by atoms with Gasteiger partial charge in [0.05, 0.1) is 18.9 Å². The Balaban J connectivity index is 1.67. The summed E-state index contributed by atoms with van der Waals surface area (Å²) >= 11 is 0. The average Bonchev–Trinajstić information content (AvgIpc) is 2.78. The lowest BCUT2D eigenvalue weighted by molar-refractivity contribution is -0.0995. The second kappa shape index (κ2) is 11.2. The van der Waals surface area contributed by atoms with Crippen LogP contribution >= 0.6 is 7.60 Å². The van der Waals surface area contributed by atoms with Crippen LogP contribution in [0.5, 0.6) is 0 Å². The normalized spacial score (nSPS) is 12.8. The zero-order chi connectivity index (χ0) is 21.2. The van der Waals surface area contributed by atoms with E-state index in [0.29, 0.717) is 6.54 Å². The minimum absolute atomic E-state index is 0.162. The van der Waals surface area contributed by atoms with Gasteiger partial charge in [0, 0.05) is 13.1 Å². The summed E-state index contributed by atoms with van der Waals surface area (Å²) in [6.07, 6.45) is 0. The third-order valence-electron chi connectivity index (χ3n) is 4.73. The lowest BCUT2D eigenvalue weighted by Gasteiger charge is -2.27. The Morgan fingerprint density at radius 2 is 1.17 bits per heavy atom. The summed E-state index contributed by atoms with van der Waals surface area (Å²) in [6.45, 7) is 2.64. The van der Waals surface area contributed by atoms with Crippen LogP contribution in [0.4, 0.5) is 0 Å². The molecule has 0 aliphatic rings. The molecule has 0 heterocycles. The van der Waals surface area contributed by atoms with Crippen LogP contribution in [0.3, 0.4) is 0 Å². The number of hydrogen-bond donors (Lipinski definition) is 1. The van der Waals surface area contributed by atoms with E-state index in [-0.39, 0.29) is 19.8 Å². The fraction of sp³-hybridized carbons (Fsp3) is 0.250. The molecule has 6 heteroatoms. The van der Waals surface area contributed by atoms with Crippen LogP contribution in [-0.2, 0) is 33.4 Å². The molecule has 0 aromatic heterocycles. The second-order valence-electron chi connectivity index (χ2n) is 7.24. The summed E-state index contributed by atoms with van der Waals surface area (Å²) in [6, 6.07) is 28.8. The topological polar surface area (TPSA) is 59.0 Å². The quantitative estimate of drug-likeness (QED) is 0.306. The van der Waals surface area contributed by atoms with Crippen molar-refractivity contribution in [2.45, 2.75) is 32.3 Å². The van der Waals surface area contributed by atoms with Gasteiger partial charge in [-0.2, -0.15) is 5.06 Å². The Bertz CT molecular complexity index is 874. The highest BCUT2D eigenvalue weighted by molar-refractivity contribution is 7.54. The van der Waals surface area contributed by atoms with Crippen molar-refractivity contribution < 1.29 is 18.8 Å². The molecule has 1 atom stereocenters. The molecule has 0 bridgehead atoms. The first-order valence-electron chi connectivity index (χ1n) is 9.99. The van der Waals surface area contributed by atoms with Gasteiger partial charge >= 0.3 is 7.60 Å². The largest absolute Gasteiger partial charge is 0.335 e. The summed E-state index contributed by atoms with van der Waals surface area (Å²) in [5.41, 5.74) is 2.29. The van der Waals surface area contributed by atoms with Gasteiger partial charge in [-0.25, -0.2) is 0 Å². The number of hydroxylamine groups is 2. The van der Waals surface area contributed by atoms with Crippen molar-refractivity contribution in [3.05, 3.63) is 108 Å². The Kier molecular flexibility index (Phi) is 8.38. The van der Waals surface area contributed by atoms with Gasteiger partial charge in [-0.1, -0.05) is 91.0 Å². The molecule has 3 aromatic rings. The Morgan fingerprint density at radius 1 is 0.767 bits per heavy atom. The fourth-order valence-corrected chi connectivity index (χ4v) is 4.66. The van der Waals surface area contributed by atoms with Gasteiger partial charge < -0.3 is 14.3 Å². The van der Waals surface area contributed by atoms with Crippen LogP contribution in [0.1, 0.15) is 23.6 Å². The molecule has 0 fully saturated rings. The molecule has 1 unspecified atom stereocenters. The summed E-state index contributed by atoms with van der Waals surface area (Å²) < 4.78 is 25.4. The Labute approximate surface area is 178 Å². The number of benzene rings is 3. The molecule has 0 spiro atoms. The fourth-order valence-electron chi connectivity index (χ4n) is 3.03. The van der Waals surface area contributed by atoms with Gasteiger partial charge in [0.2, 0.25) is 0 Å². The second-order valence-corrected chi connectivity index (χ2v) is 9.72. The van der Waals surface area contributed by atoms with Gasteiger partial charge in [-0.15, -0.1) is 0 Å². The third-order valence-corrected chi connectivity index (χ3v) is 6.95. The van der Waals surface area contributed by atoms with Crippen molar-refractivity contribution in [3.63, 3.8) is 0 Å². The van der Waals surface area contributed by atoms with E-state index >= 15 is 0 Å². The molecule has 0 aliphatic carbocycles. The van der Waals surface area contributed by atoms with E-state index in [1.807, 2.05) is 91.0 Å². The van der Waals surface area contributed by atoms with Crippen LogP contribution in [0, 0.1) is 0 Å². The molecular formula is C24H28NO4P. The highest BCUT2D eigenvalue weighted by atomic mass is 31.2. The smallest absolute Gasteiger partial charge is 0.314 e. The zero-order valence-electron chi connectivity index (χ0n) is 17.1. The van der Waals surface area contributed by atoms with E-state index in [1.54, 1.807) is 6.92 Å². The van der Waals surface area contributed by atoms with Crippen molar-refractivity contribution in [1.29, 1.82) is 0 Å². The first-order valence-corrected chi connectivity index (χ1v) is 11.6. The van der Waals surface area contributed by atoms with Gasteiger partial charge in [0.25, 0.3) is 0 Å². The predicted octanol–water partition coefficient (Wildman–Crippen LogP) is 5.89. The molecule has 0 amide bonds. The van der Waals surface area contributed by atoms with E-state index in [2.05, 4.69) is 0 Å². The van der Waals surface area contributed by atoms with Crippen LogP contribution in [-0.4, -0.2) is 22.5 Å². The highest BCUT2D eigenvalue weighted by Crippen LogP contribution is 2.54. The van der Waals surface area contributed by atoms with Crippen molar-refractivity contribution in [2.24, 2.45) is 0 Å².